The smallest absolute Gasteiger partial charge is 0.143 e. The molecule has 0 saturated heterocycles. The topological polar surface area (TPSA) is 16.4 Å². The van der Waals surface area contributed by atoms with Crippen molar-refractivity contribution in [3.8, 4) is 44.5 Å². The normalized spacial score (nSPS) is 11.6. The zero-order valence-corrected chi connectivity index (χ0v) is 36.7. The quantitative estimate of drug-likeness (QED) is 0.142. The molecule has 0 aliphatic rings. The molecule has 0 spiro atoms. The zero-order chi connectivity index (χ0) is 44.3. The van der Waals surface area contributed by atoms with E-state index in [0.717, 1.165) is 49.8 Å². The second-order valence-electron chi connectivity index (χ2n) is 17.6. The molecule has 0 bridgehead atoms. The molecule has 2 heteroatoms. The number of anilines is 2. The third-order valence-corrected chi connectivity index (χ3v) is 13.8. The second kappa shape index (κ2) is 16.1. The van der Waals surface area contributed by atoms with Crippen LogP contribution in [0.15, 0.2) is 253 Å². The van der Waals surface area contributed by atoms with E-state index in [2.05, 4.69) is 254 Å². The molecule has 0 aliphatic heterocycles. The number of fused-ring (bicyclic) bond motifs is 9. The van der Waals surface area contributed by atoms with Gasteiger partial charge in [-0.15, -0.1) is 0 Å². The lowest BCUT2D eigenvalue weighted by molar-refractivity contribution is 0.673. The number of benzene rings is 12. The lowest BCUT2D eigenvalue weighted by atomic mass is 9.93. The highest BCUT2D eigenvalue weighted by Gasteiger charge is 2.19. The first-order chi connectivity index (χ1) is 33.2. The van der Waals surface area contributed by atoms with Crippen LogP contribution in [0.1, 0.15) is 5.56 Å². The average Bonchev–Trinajstić information content (AvgIpc) is 3.80. The summed E-state index contributed by atoms with van der Waals surface area (Å²) < 4.78 is 6.89. The molecule has 314 valence electrons. The van der Waals surface area contributed by atoms with Gasteiger partial charge in [-0.05, 0) is 119 Å². The SMILES string of the molecule is c1ccc(-c2cccc3c2oc2c4ccccc4ccc32)c(CN(c2ccc(-c3ccc(-c4cccc5ccccc45)cc3)cc2)c2ccc(-c3cc4ccccc4c4ccccc34)cc2)c1. The molecule has 0 N–H and O–H groups in total. The number of hydrogen-bond donors (Lipinski definition) is 0. The van der Waals surface area contributed by atoms with E-state index in [9.17, 15) is 0 Å². The van der Waals surface area contributed by atoms with E-state index in [0.29, 0.717) is 6.54 Å². The van der Waals surface area contributed by atoms with E-state index in [-0.39, 0.29) is 0 Å². The summed E-state index contributed by atoms with van der Waals surface area (Å²) in [6.07, 6.45) is 0. The predicted molar refractivity (Wildman–Crippen MR) is 284 cm³/mol. The zero-order valence-electron chi connectivity index (χ0n) is 36.7. The number of hydrogen-bond acceptors (Lipinski definition) is 2. The molecular weight excluding hydrogens is 811 g/mol. The van der Waals surface area contributed by atoms with Gasteiger partial charge < -0.3 is 9.32 Å². The van der Waals surface area contributed by atoms with Gasteiger partial charge in [0.1, 0.15) is 11.2 Å². The van der Waals surface area contributed by atoms with Gasteiger partial charge in [-0.3, -0.25) is 0 Å². The lowest BCUT2D eigenvalue weighted by Crippen LogP contribution is -2.17. The molecule has 12 aromatic carbocycles. The molecule has 0 amide bonds. The Hall–Kier alpha value is -8.72. The largest absolute Gasteiger partial charge is 0.455 e. The summed E-state index contributed by atoms with van der Waals surface area (Å²) in [5.41, 5.74) is 14.8. The summed E-state index contributed by atoms with van der Waals surface area (Å²) in [7, 11) is 0. The Morgan fingerprint density at radius 3 is 1.51 bits per heavy atom. The maximum atomic E-state index is 6.89. The maximum absolute atomic E-state index is 6.89. The van der Waals surface area contributed by atoms with Crippen LogP contribution in [0.25, 0.3) is 110 Å². The lowest BCUT2D eigenvalue weighted by Gasteiger charge is -2.27. The van der Waals surface area contributed by atoms with Gasteiger partial charge in [0.15, 0.2) is 0 Å². The molecule has 2 nitrogen and oxygen atoms in total. The van der Waals surface area contributed by atoms with E-state index in [4.69, 9.17) is 4.42 Å². The van der Waals surface area contributed by atoms with Crippen molar-refractivity contribution in [1.82, 2.24) is 0 Å². The molecule has 1 aromatic heterocycles. The van der Waals surface area contributed by atoms with Crippen LogP contribution in [0.4, 0.5) is 11.4 Å². The van der Waals surface area contributed by atoms with Crippen LogP contribution in [-0.4, -0.2) is 0 Å². The minimum Gasteiger partial charge on any atom is -0.455 e. The van der Waals surface area contributed by atoms with Gasteiger partial charge in [-0.25, -0.2) is 0 Å². The monoisotopic (exact) mass is 853 g/mol. The van der Waals surface area contributed by atoms with E-state index in [1.807, 2.05) is 0 Å². The van der Waals surface area contributed by atoms with E-state index in [1.54, 1.807) is 0 Å². The minimum absolute atomic E-state index is 0.646. The van der Waals surface area contributed by atoms with Crippen molar-refractivity contribution in [2.24, 2.45) is 0 Å². The Balaban J connectivity index is 0.900. The van der Waals surface area contributed by atoms with Gasteiger partial charge in [0.25, 0.3) is 0 Å². The number of rotatable bonds is 8. The number of nitrogens with zero attached hydrogens (tertiary/aromatic N) is 1. The molecule has 13 aromatic rings. The Bertz CT molecular complexity index is 3990. The third-order valence-electron chi connectivity index (χ3n) is 13.8. The fourth-order valence-electron chi connectivity index (χ4n) is 10.4. The summed E-state index contributed by atoms with van der Waals surface area (Å²) in [5, 5.41) is 12.1. The predicted octanol–water partition coefficient (Wildman–Crippen LogP) is 18.2. The highest BCUT2D eigenvalue weighted by atomic mass is 16.3. The molecule has 0 radical (unpaired) electrons. The Morgan fingerprint density at radius 2 is 0.746 bits per heavy atom. The van der Waals surface area contributed by atoms with E-state index in [1.165, 1.54) is 76.6 Å². The summed E-state index contributed by atoms with van der Waals surface area (Å²) >= 11 is 0. The van der Waals surface area contributed by atoms with Crippen molar-refractivity contribution in [3.05, 3.63) is 254 Å². The molecule has 0 aliphatic carbocycles. The van der Waals surface area contributed by atoms with E-state index < -0.39 is 0 Å². The van der Waals surface area contributed by atoms with Crippen molar-refractivity contribution in [2.45, 2.75) is 6.54 Å². The molecule has 0 saturated carbocycles. The molecule has 67 heavy (non-hydrogen) atoms. The van der Waals surface area contributed by atoms with Crippen LogP contribution in [-0.2, 0) is 6.54 Å². The molecular formula is C65H43NO. The summed E-state index contributed by atoms with van der Waals surface area (Å²) in [5.74, 6) is 0. The van der Waals surface area contributed by atoms with Crippen molar-refractivity contribution in [1.29, 1.82) is 0 Å². The Kier molecular flexibility index (Phi) is 9.28. The van der Waals surface area contributed by atoms with Gasteiger partial charge >= 0.3 is 0 Å². The fourth-order valence-corrected chi connectivity index (χ4v) is 10.4. The van der Waals surface area contributed by atoms with Crippen LogP contribution in [0, 0.1) is 0 Å². The number of para-hydroxylation sites is 1. The first-order valence-electron chi connectivity index (χ1n) is 23.1. The van der Waals surface area contributed by atoms with Crippen molar-refractivity contribution < 1.29 is 4.42 Å². The average molecular weight is 854 g/mol. The van der Waals surface area contributed by atoms with Crippen LogP contribution in [0.2, 0.25) is 0 Å². The molecule has 0 unspecified atom stereocenters. The van der Waals surface area contributed by atoms with Gasteiger partial charge in [-0.1, -0.05) is 212 Å². The Morgan fingerprint density at radius 1 is 0.269 bits per heavy atom. The second-order valence-corrected chi connectivity index (χ2v) is 17.6. The Labute approximate surface area is 389 Å². The summed E-state index contributed by atoms with van der Waals surface area (Å²) in [6.45, 7) is 0.646. The molecule has 13 rings (SSSR count). The molecule has 0 fully saturated rings. The van der Waals surface area contributed by atoms with Crippen LogP contribution >= 0.6 is 0 Å². The molecule has 0 atom stereocenters. The highest BCUT2D eigenvalue weighted by Crippen LogP contribution is 2.42. The highest BCUT2D eigenvalue weighted by molar-refractivity contribution is 6.17. The minimum atomic E-state index is 0.646. The van der Waals surface area contributed by atoms with Crippen LogP contribution in [0.3, 0.4) is 0 Å². The van der Waals surface area contributed by atoms with Crippen molar-refractivity contribution in [2.75, 3.05) is 4.90 Å². The number of furan rings is 1. The van der Waals surface area contributed by atoms with E-state index >= 15 is 0 Å². The summed E-state index contributed by atoms with van der Waals surface area (Å²) in [4.78, 5) is 2.45. The van der Waals surface area contributed by atoms with Gasteiger partial charge in [0.05, 0.1) is 0 Å². The van der Waals surface area contributed by atoms with Crippen molar-refractivity contribution >= 4 is 76.4 Å². The van der Waals surface area contributed by atoms with Crippen molar-refractivity contribution in [3.63, 3.8) is 0 Å². The fraction of sp³-hybridized carbons (Fsp3) is 0.0154. The first kappa shape index (κ1) is 38.7. The first-order valence-corrected chi connectivity index (χ1v) is 23.1. The standard InChI is InChI=1S/C65H43NO/c1-5-18-53-45(13-1)17-11-24-54(53)47-29-27-43(28-30-47)44-31-36-51(37-32-44)66(52-38-33-48(34-39-52)63-41-49-15-3-6-19-55(49)58-22-9-10-23-59(58)63)42-50-16-4-7-20-56(50)60-25-12-26-61-62-40-35-46-14-2-8-21-57(46)64(62)67-65(60)61/h1-41H,42H2. The maximum Gasteiger partial charge on any atom is 0.143 e. The van der Waals surface area contributed by atoms with Gasteiger partial charge in [0, 0.05) is 39.6 Å². The van der Waals surface area contributed by atoms with Gasteiger partial charge in [-0.2, -0.15) is 0 Å². The van der Waals surface area contributed by atoms with Crippen LogP contribution < -0.4 is 4.90 Å². The van der Waals surface area contributed by atoms with Crippen LogP contribution in [0.5, 0.6) is 0 Å². The van der Waals surface area contributed by atoms with Gasteiger partial charge in [0.2, 0.25) is 0 Å². The summed E-state index contributed by atoms with van der Waals surface area (Å²) in [6, 6.07) is 90.4. The molecule has 1 heterocycles. The third kappa shape index (κ3) is 6.73.